The van der Waals surface area contributed by atoms with Crippen molar-refractivity contribution in [2.45, 2.75) is 25.2 Å². The minimum absolute atomic E-state index is 0.0137. The van der Waals surface area contributed by atoms with Crippen molar-refractivity contribution in [3.05, 3.63) is 70.9 Å². The van der Waals surface area contributed by atoms with Gasteiger partial charge in [-0.1, -0.05) is 41.9 Å². The highest BCUT2D eigenvalue weighted by Gasteiger charge is 2.21. The topological polar surface area (TPSA) is 48.1 Å². The van der Waals surface area contributed by atoms with Gasteiger partial charge in [-0.15, -0.1) is 0 Å². The number of rotatable bonds is 7. The molecule has 0 aliphatic carbocycles. The third kappa shape index (κ3) is 4.40. The molecule has 1 amide bonds. The zero-order valence-corrected chi connectivity index (χ0v) is 16.7. The van der Waals surface area contributed by atoms with E-state index in [1.54, 1.807) is 0 Å². The second kappa shape index (κ2) is 8.80. The summed E-state index contributed by atoms with van der Waals surface area (Å²) in [5.41, 5.74) is 3.34. The lowest BCUT2D eigenvalue weighted by molar-refractivity contribution is -0.121. The number of nitrogens with zero attached hydrogens (tertiary/aromatic N) is 1. The molecule has 1 aliphatic rings. The van der Waals surface area contributed by atoms with Crippen LogP contribution in [0.4, 0.5) is 0 Å². The number of amides is 1. The molecule has 1 atom stereocenters. The Kier molecular flexibility index (Phi) is 5.98. The highest BCUT2D eigenvalue weighted by Crippen LogP contribution is 2.33. The van der Waals surface area contributed by atoms with Crippen molar-refractivity contribution in [1.29, 1.82) is 0 Å². The molecule has 0 saturated carbocycles. The van der Waals surface area contributed by atoms with Gasteiger partial charge in [-0.2, -0.15) is 0 Å². The fourth-order valence-electron chi connectivity index (χ4n) is 4.10. The smallest absolute Gasteiger partial charge is 0.220 e. The lowest BCUT2D eigenvalue weighted by Gasteiger charge is -2.19. The van der Waals surface area contributed by atoms with Crippen molar-refractivity contribution in [3.8, 4) is 0 Å². The van der Waals surface area contributed by atoms with Crippen LogP contribution in [0, 0.1) is 0 Å². The molecule has 2 aromatic carbocycles. The molecular formula is C23H26ClN3O. The average Bonchev–Trinajstić information content (AvgIpc) is 3.37. The number of H-pyrrole nitrogens is 1. The minimum Gasteiger partial charge on any atom is -0.361 e. The van der Waals surface area contributed by atoms with Crippen LogP contribution in [0.25, 0.3) is 10.9 Å². The minimum atomic E-state index is -0.0137. The Morgan fingerprint density at radius 1 is 1.11 bits per heavy atom. The van der Waals surface area contributed by atoms with E-state index >= 15 is 0 Å². The van der Waals surface area contributed by atoms with Crippen LogP contribution in [-0.2, 0) is 4.79 Å². The maximum atomic E-state index is 12.7. The Bertz CT molecular complexity index is 928. The maximum absolute atomic E-state index is 12.7. The Morgan fingerprint density at radius 3 is 2.64 bits per heavy atom. The summed E-state index contributed by atoms with van der Waals surface area (Å²) >= 11 is 6.08. The molecule has 3 aromatic rings. The third-order valence-corrected chi connectivity index (χ3v) is 5.86. The molecule has 1 unspecified atom stereocenters. The fraction of sp³-hybridized carbons (Fsp3) is 0.348. The molecule has 28 heavy (non-hydrogen) atoms. The van der Waals surface area contributed by atoms with Gasteiger partial charge in [0.2, 0.25) is 5.91 Å². The number of para-hydroxylation sites is 1. The van der Waals surface area contributed by atoms with Crippen LogP contribution in [0.15, 0.2) is 54.7 Å². The van der Waals surface area contributed by atoms with Crippen LogP contribution in [0.2, 0.25) is 5.02 Å². The second-order valence-electron chi connectivity index (χ2n) is 7.50. The normalized spacial score (nSPS) is 15.8. The van der Waals surface area contributed by atoms with E-state index in [0.29, 0.717) is 18.0 Å². The van der Waals surface area contributed by atoms with Gasteiger partial charge in [0.25, 0.3) is 0 Å². The monoisotopic (exact) mass is 395 g/mol. The quantitative estimate of drug-likeness (QED) is 0.616. The predicted molar refractivity (Wildman–Crippen MR) is 115 cm³/mol. The highest BCUT2D eigenvalue weighted by atomic mass is 35.5. The second-order valence-corrected chi connectivity index (χ2v) is 7.93. The average molecular weight is 396 g/mol. The van der Waals surface area contributed by atoms with Gasteiger partial charge in [0, 0.05) is 47.6 Å². The number of likely N-dealkylation sites (tertiary alicyclic amines) is 1. The lowest BCUT2D eigenvalue weighted by atomic mass is 9.88. The fourth-order valence-corrected chi connectivity index (χ4v) is 4.23. The van der Waals surface area contributed by atoms with E-state index in [-0.39, 0.29) is 11.8 Å². The van der Waals surface area contributed by atoms with Gasteiger partial charge in [-0.3, -0.25) is 4.79 Å². The molecular weight excluding hydrogens is 370 g/mol. The molecule has 4 rings (SSSR count). The molecule has 1 aromatic heterocycles. The zero-order valence-electron chi connectivity index (χ0n) is 16.0. The van der Waals surface area contributed by atoms with Gasteiger partial charge >= 0.3 is 0 Å². The molecule has 0 radical (unpaired) electrons. The number of nitrogens with one attached hydrogen (secondary N) is 2. The lowest BCUT2D eigenvalue weighted by Crippen LogP contribution is -2.34. The van der Waals surface area contributed by atoms with Crippen molar-refractivity contribution in [2.75, 3.05) is 26.2 Å². The van der Waals surface area contributed by atoms with E-state index in [9.17, 15) is 4.79 Å². The van der Waals surface area contributed by atoms with Gasteiger partial charge in [0.05, 0.1) is 0 Å². The summed E-state index contributed by atoms with van der Waals surface area (Å²) in [5.74, 6) is 0.0737. The van der Waals surface area contributed by atoms with E-state index in [0.717, 1.165) is 41.7 Å². The van der Waals surface area contributed by atoms with E-state index in [1.807, 2.05) is 42.6 Å². The van der Waals surface area contributed by atoms with Gasteiger partial charge in [-0.25, -0.2) is 0 Å². The molecule has 1 fully saturated rings. The summed E-state index contributed by atoms with van der Waals surface area (Å²) in [6.07, 6.45) is 4.99. The Labute approximate surface area is 170 Å². The Morgan fingerprint density at radius 2 is 1.86 bits per heavy atom. The first-order valence-corrected chi connectivity index (χ1v) is 10.4. The van der Waals surface area contributed by atoms with Gasteiger partial charge in [-0.05, 0) is 55.3 Å². The van der Waals surface area contributed by atoms with Gasteiger partial charge < -0.3 is 15.2 Å². The molecule has 2 N–H and O–H groups in total. The number of aromatic amines is 1. The van der Waals surface area contributed by atoms with Crippen molar-refractivity contribution in [2.24, 2.45) is 0 Å². The Hall–Kier alpha value is -2.30. The molecule has 0 bridgehead atoms. The summed E-state index contributed by atoms with van der Waals surface area (Å²) in [4.78, 5) is 18.5. The largest absolute Gasteiger partial charge is 0.361 e. The molecule has 0 spiro atoms. The summed E-state index contributed by atoms with van der Waals surface area (Å²) < 4.78 is 0. The first-order valence-electron chi connectivity index (χ1n) is 10.0. The highest BCUT2D eigenvalue weighted by molar-refractivity contribution is 6.30. The van der Waals surface area contributed by atoms with E-state index in [1.165, 1.54) is 12.8 Å². The van der Waals surface area contributed by atoms with E-state index in [2.05, 4.69) is 27.3 Å². The van der Waals surface area contributed by atoms with Gasteiger partial charge in [0.1, 0.15) is 0 Å². The van der Waals surface area contributed by atoms with E-state index in [4.69, 9.17) is 11.6 Å². The van der Waals surface area contributed by atoms with Gasteiger partial charge in [0.15, 0.2) is 0 Å². The molecule has 146 valence electrons. The summed E-state index contributed by atoms with van der Waals surface area (Å²) in [6, 6.07) is 16.1. The standard InChI is InChI=1S/C23H26ClN3O/c24-18-9-7-17(8-10-18)20(21-16-26-22-6-2-1-5-19(21)22)15-23(28)25-11-14-27-12-3-4-13-27/h1-2,5-10,16,20,26H,3-4,11-15H2,(H,25,28). The van der Waals surface area contributed by atoms with Crippen molar-refractivity contribution in [1.82, 2.24) is 15.2 Å². The van der Waals surface area contributed by atoms with Crippen LogP contribution in [0.1, 0.15) is 36.3 Å². The number of hydrogen-bond donors (Lipinski definition) is 2. The first kappa shape index (κ1) is 19.0. The SMILES string of the molecule is O=C(CC(c1ccc(Cl)cc1)c1c[nH]c2ccccc12)NCCN1CCCC1. The number of carbonyl (C=O) groups is 1. The molecule has 2 heterocycles. The molecule has 1 aliphatic heterocycles. The number of fused-ring (bicyclic) bond motifs is 1. The number of hydrogen-bond acceptors (Lipinski definition) is 2. The number of aromatic nitrogens is 1. The zero-order chi connectivity index (χ0) is 19.3. The molecule has 5 heteroatoms. The summed E-state index contributed by atoms with van der Waals surface area (Å²) in [6.45, 7) is 3.95. The van der Waals surface area contributed by atoms with Crippen molar-refractivity contribution >= 4 is 28.4 Å². The van der Waals surface area contributed by atoms with Crippen LogP contribution in [0.5, 0.6) is 0 Å². The number of halogens is 1. The third-order valence-electron chi connectivity index (χ3n) is 5.61. The van der Waals surface area contributed by atoms with Crippen LogP contribution >= 0.6 is 11.6 Å². The van der Waals surface area contributed by atoms with Crippen LogP contribution in [0.3, 0.4) is 0 Å². The van der Waals surface area contributed by atoms with Crippen molar-refractivity contribution in [3.63, 3.8) is 0 Å². The molecule has 1 saturated heterocycles. The van der Waals surface area contributed by atoms with Crippen LogP contribution in [-0.4, -0.2) is 42.0 Å². The maximum Gasteiger partial charge on any atom is 0.220 e. The molecule has 4 nitrogen and oxygen atoms in total. The van der Waals surface area contributed by atoms with E-state index < -0.39 is 0 Å². The predicted octanol–water partition coefficient (Wildman–Crippen LogP) is 4.56. The van der Waals surface area contributed by atoms with Crippen molar-refractivity contribution < 1.29 is 4.79 Å². The summed E-state index contributed by atoms with van der Waals surface area (Å²) in [5, 5.41) is 4.98. The first-order chi connectivity index (χ1) is 13.7. The Balaban J connectivity index is 1.51. The summed E-state index contributed by atoms with van der Waals surface area (Å²) in [7, 11) is 0. The van der Waals surface area contributed by atoms with Crippen LogP contribution < -0.4 is 5.32 Å². The number of carbonyl (C=O) groups excluding carboxylic acids is 1. The number of benzene rings is 2.